The van der Waals surface area contributed by atoms with Gasteiger partial charge in [0.25, 0.3) is 0 Å². The van der Waals surface area contributed by atoms with Crippen molar-refractivity contribution in [3.05, 3.63) is 33.6 Å². The molecule has 0 aromatic carbocycles. The predicted molar refractivity (Wildman–Crippen MR) is 87.6 cm³/mol. The number of nitrogens with zero attached hydrogens (tertiary/aromatic N) is 3. The summed E-state index contributed by atoms with van der Waals surface area (Å²) < 4.78 is 0. The van der Waals surface area contributed by atoms with Gasteiger partial charge in [-0.05, 0) is 36.8 Å². The molecular weight excluding hydrogens is 282 g/mol. The zero-order chi connectivity index (χ0) is 15.0. The van der Waals surface area contributed by atoms with E-state index >= 15 is 0 Å². The molecule has 0 saturated heterocycles. The molecule has 0 aliphatic heterocycles. The summed E-state index contributed by atoms with van der Waals surface area (Å²) in [5.74, 6) is 1.66. The molecule has 6 heteroatoms. The van der Waals surface area contributed by atoms with Crippen LogP contribution in [0.4, 0.5) is 11.8 Å². The Balaban J connectivity index is 1.79. The Hall–Kier alpha value is -1.66. The molecule has 4 N–H and O–H groups in total. The van der Waals surface area contributed by atoms with Crippen LogP contribution < -0.4 is 16.4 Å². The summed E-state index contributed by atoms with van der Waals surface area (Å²) in [6.07, 6.45) is 1.98. The molecule has 1 aliphatic carbocycles. The van der Waals surface area contributed by atoms with Crippen molar-refractivity contribution in [2.45, 2.75) is 38.3 Å². The number of hydrogen-bond acceptors (Lipinski definition) is 6. The van der Waals surface area contributed by atoms with Gasteiger partial charge in [-0.3, -0.25) is 0 Å². The number of hydrogen-bond donors (Lipinski definition) is 2. The molecule has 21 heavy (non-hydrogen) atoms. The summed E-state index contributed by atoms with van der Waals surface area (Å²) >= 11 is 1.77. The van der Waals surface area contributed by atoms with Gasteiger partial charge in [0.05, 0.1) is 12.2 Å². The maximum atomic E-state index is 5.87. The lowest BCUT2D eigenvalue weighted by Crippen LogP contribution is -2.35. The Morgan fingerprint density at radius 2 is 2.14 bits per heavy atom. The maximum absolute atomic E-state index is 5.87. The molecule has 0 bridgehead atoms. The second kappa shape index (κ2) is 5.61. The summed E-state index contributed by atoms with van der Waals surface area (Å²) in [5.41, 5.74) is 14.1. The van der Waals surface area contributed by atoms with E-state index in [1.807, 2.05) is 7.05 Å². The van der Waals surface area contributed by atoms with Crippen LogP contribution in [-0.2, 0) is 6.54 Å². The third-order valence-electron chi connectivity index (χ3n) is 4.08. The van der Waals surface area contributed by atoms with Gasteiger partial charge >= 0.3 is 0 Å². The fraction of sp³-hybridized carbons (Fsp3) is 0.467. The van der Waals surface area contributed by atoms with Gasteiger partial charge in [-0.15, -0.1) is 11.3 Å². The summed E-state index contributed by atoms with van der Waals surface area (Å²) in [4.78, 5) is 12.2. The van der Waals surface area contributed by atoms with Crippen LogP contribution in [0, 0.1) is 6.92 Å². The molecule has 0 unspecified atom stereocenters. The van der Waals surface area contributed by atoms with Gasteiger partial charge in [-0.1, -0.05) is 0 Å². The van der Waals surface area contributed by atoms with Crippen LogP contribution in [0.15, 0.2) is 17.5 Å². The van der Waals surface area contributed by atoms with E-state index < -0.39 is 0 Å². The van der Waals surface area contributed by atoms with Gasteiger partial charge in [0.2, 0.25) is 5.95 Å². The quantitative estimate of drug-likeness (QED) is 0.905. The van der Waals surface area contributed by atoms with Crippen LogP contribution in [0.2, 0.25) is 0 Å². The summed E-state index contributed by atoms with van der Waals surface area (Å²) in [5, 5.41) is 2.12. The topological polar surface area (TPSA) is 81.1 Å². The number of thiophene rings is 1. The lowest BCUT2D eigenvalue weighted by molar-refractivity contribution is 0.345. The third-order valence-corrected chi connectivity index (χ3v) is 5.09. The van der Waals surface area contributed by atoms with Crippen molar-refractivity contribution < 1.29 is 0 Å². The number of nitrogens with two attached hydrogens (primary N) is 2. The maximum Gasteiger partial charge on any atom is 0.222 e. The molecule has 2 aromatic rings. The number of rotatable bonds is 4. The molecule has 2 heterocycles. The molecule has 1 saturated carbocycles. The van der Waals surface area contributed by atoms with Crippen molar-refractivity contribution in [2.24, 2.45) is 5.73 Å². The molecule has 0 atom stereocenters. The van der Waals surface area contributed by atoms with Crippen LogP contribution in [0.25, 0.3) is 0 Å². The first-order valence-electron chi connectivity index (χ1n) is 7.17. The van der Waals surface area contributed by atoms with Gasteiger partial charge in [0.15, 0.2) is 0 Å². The van der Waals surface area contributed by atoms with E-state index in [1.165, 1.54) is 10.4 Å². The van der Waals surface area contributed by atoms with Crippen molar-refractivity contribution in [2.75, 3.05) is 17.7 Å². The van der Waals surface area contributed by atoms with Crippen LogP contribution in [0.3, 0.4) is 0 Å². The molecule has 0 radical (unpaired) electrons. The van der Waals surface area contributed by atoms with E-state index in [0.29, 0.717) is 17.9 Å². The average Bonchev–Trinajstić information content (AvgIpc) is 2.80. The number of aryl methyl sites for hydroxylation is 1. The zero-order valence-electron chi connectivity index (χ0n) is 12.4. The van der Waals surface area contributed by atoms with Crippen molar-refractivity contribution in [1.29, 1.82) is 0 Å². The fourth-order valence-corrected chi connectivity index (χ4v) is 3.60. The summed E-state index contributed by atoms with van der Waals surface area (Å²) in [7, 11) is 2.04. The number of anilines is 2. The highest BCUT2D eigenvalue weighted by atomic mass is 32.1. The molecule has 1 aliphatic rings. The van der Waals surface area contributed by atoms with Crippen molar-refractivity contribution in [3.8, 4) is 0 Å². The highest BCUT2D eigenvalue weighted by molar-refractivity contribution is 7.10. The second-order valence-electron chi connectivity index (χ2n) is 5.82. The standard InChI is InChI=1S/C15H21N5S/c1-9-3-4-21-13(9)8-20(2)14-7-12(18-15(17)19-14)10-5-11(16)6-10/h3-4,7,10-11H,5-6,8,16H2,1-2H3,(H2,17,18,19). The normalized spacial score (nSPS) is 21.1. The molecule has 112 valence electrons. The minimum absolute atomic E-state index is 0.307. The van der Waals surface area contributed by atoms with Gasteiger partial charge in [-0.25, -0.2) is 4.98 Å². The van der Waals surface area contributed by atoms with Crippen molar-refractivity contribution in [1.82, 2.24) is 9.97 Å². The summed E-state index contributed by atoms with van der Waals surface area (Å²) in [6.45, 7) is 2.97. The van der Waals surface area contributed by atoms with Gasteiger partial charge in [0, 0.05) is 30.0 Å². The molecule has 0 amide bonds. The molecule has 1 fully saturated rings. The van der Waals surface area contributed by atoms with E-state index in [0.717, 1.165) is 30.9 Å². The Labute approximate surface area is 129 Å². The molecule has 0 spiro atoms. The van der Waals surface area contributed by atoms with E-state index in [4.69, 9.17) is 11.5 Å². The van der Waals surface area contributed by atoms with Crippen molar-refractivity contribution >= 4 is 23.1 Å². The monoisotopic (exact) mass is 303 g/mol. The third kappa shape index (κ3) is 3.01. The lowest BCUT2D eigenvalue weighted by atomic mass is 9.78. The molecule has 2 aromatic heterocycles. The van der Waals surface area contributed by atoms with Crippen LogP contribution >= 0.6 is 11.3 Å². The first-order chi connectivity index (χ1) is 10.0. The fourth-order valence-electron chi connectivity index (χ4n) is 2.64. The minimum atomic E-state index is 0.307. The van der Waals surface area contributed by atoms with Crippen LogP contribution in [-0.4, -0.2) is 23.1 Å². The zero-order valence-corrected chi connectivity index (χ0v) is 13.2. The Morgan fingerprint density at radius 3 is 2.76 bits per heavy atom. The largest absolute Gasteiger partial charge is 0.368 e. The van der Waals surface area contributed by atoms with Gasteiger partial charge in [0.1, 0.15) is 5.82 Å². The Kier molecular flexibility index (Phi) is 3.82. The molecule has 3 rings (SSSR count). The van der Waals surface area contributed by atoms with E-state index in [9.17, 15) is 0 Å². The molecular formula is C15H21N5S. The first kappa shape index (κ1) is 14.3. The lowest BCUT2D eigenvalue weighted by Gasteiger charge is -2.32. The van der Waals surface area contributed by atoms with E-state index in [2.05, 4.69) is 39.3 Å². The predicted octanol–water partition coefficient (Wildman–Crippen LogP) is 2.27. The minimum Gasteiger partial charge on any atom is -0.368 e. The van der Waals surface area contributed by atoms with Gasteiger partial charge < -0.3 is 16.4 Å². The number of aromatic nitrogens is 2. The molecule has 5 nitrogen and oxygen atoms in total. The SMILES string of the molecule is Cc1ccsc1CN(C)c1cc(C2CC(N)C2)nc(N)n1. The second-order valence-corrected chi connectivity index (χ2v) is 6.82. The van der Waals surface area contributed by atoms with E-state index in [1.54, 1.807) is 11.3 Å². The highest BCUT2D eigenvalue weighted by Gasteiger charge is 2.29. The first-order valence-corrected chi connectivity index (χ1v) is 8.05. The highest BCUT2D eigenvalue weighted by Crippen LogP contribution is 2.36. The summed E-state index contributed by atoms with van der Waals surface area (Å²) in [6, 6.07) is 4.50. The van der Waals surface area contributed by atoms with E-state index in [-0.39, 0.29) is 0 Å². The Morgan fingerprint density at radius 1 is 1.38 bits per heavy atom. The van der Waals surface area contributed by atoms with Gasteiger partial charge in [-0.2, -0.15) is 4.98 Å². The van der Waals surface area contributed by atoms with Crippen molar-refractivity contribution in [3.63, 3.8) is 0 Å². The number of nitrogen functional groups attached to an aromatic ring is 1. The average molecular weight is 303 g/mol. The van der Waals surface area contributed by atoms with Crippen LogP contribution in [0.1, 0.15) is 34.9 Å². The smallest absolute Gasteiger partial charge is 0.222 e. The Bertz CT molecular complexity index is 633. The van der Waals surface area contributed by atoms with Crippen LogP contribution in [0.5, 0.6) is 0 Å².